The Morgan fingerprint density at radius 3 is 2.83 bits per heavy atom. The van der Waals surface area contributed by atoms with E-state index in [9.17, 15) is 9.18 Å². The fourth-order valence-electron chi connectivity index (χ4n) is 3.84. The van der Waals surface area contributed by atoms with Gasteiger partial charge >= 0.3 is 6.03 Å². The lowest BCUT2D eigenvalue weighted by atomic mass is 9.74. The fourth-order valence-corrected chi connectivity index (χ4v) is 3.84. The molecule has 3 rings (SSSR count). The Hall–Kier alpha value is -1.88. The summed E-state index contributed by atoms with van der Waals surface area (Å²) in [7, 11) is 0. The van der Waals surface area contributed by atoms with Crippen LogP contribution in [0.5, 0.6) is 0 Å². The highest BCUT2D eigenvalue weighted by atomic mass is 19.1. The van der Waals surface area contributed by atoms with Crippen molar-refractivity contribution in [2.24, 2.45) is 0 Å². The van der Waals surface area contributed by atoms with Gasteiger partial charge in [0.1, 0.15) is 5.82 Å². The zero-order valence-electron chi connectivity index (χ0n) is 13.6. The minimum atomic E-state index is -0.227. The topological polar surface area (TPSA) is 35.6 Å². The molecular weight excluding hydrogens is 293 g/mol. The minimum absolute atomic E-state index is 0.0919. The number of halogens is 1. The molecule has 1 saturated heterocycles. The number of anilines is 1. The number of likely N-dealkylation sites (tertiary alicyclic amines) is 1. The number of hydrogen-bond donors (Lipinski definition) is 1. The number of nitrogens with zero attached hydrogens (tertiary/aromatic N) is 2. The number of nitrogens with one attached hydrogen (secondary N) is 1. The Morgan fingerprint density at radius 2 is 2.17 bits per heavy atom. The number of fused-ring (bicyclic) bond motifs is 2. The lowest BCUT2D eigenvalue weighted by Crippen LogP contribution is -2.47. The first-order valence-electron chi connectivity index (χ1n) is 8.28. The predicted octanol–water partition coefficient (Wildman–Crippen LogP) is 2.89. The van der Waals surface area contributed by atoms with Crippen LogP contribution in [0.4, 0.5) is 14.9 Å². The lowest BCUT2D eigenvalue weighted by Gasteiger charge is -2.39. The largest absolute Gasteiger partial charge is 0.338 e. The molecule has 4 nitrogen and oxygen atoms in total. The molecular formula is C18H24FN3O. The molecule has 2 aliphatic heterocycles. The number of carbonyl (C=O) groups is 1. The summed E-state index contributed by atoms with van der Waals surface area (Å²) in [5.74, 6) is -0.227. The van der Waals surface area contributed by atoms with Crippen molar-refractivity contribution in [2.45, 2.75) is 25.2 Å². The van der Waals surface area contributed by atoms with Gasteiger partial charge in [-0.15, -0.1) is 6.58 Å². The van der Waals surface area contributed by atoms with Gasteiger partial charge in [0, 0.05) is 30.7 Å². The molecule has 1 spiro atoms. The molecule has 0 unspecified atom stereocenters. The first-order valence-corrected chi connectivity index (χ1v) is 8.28. The molecule has 0 aliphatic carbocycles. The second-order valence-electron chi connectivity index (χ2n) is 6.45. The molecule has 1 aromatic rings. The average Bonchev–Trinajstić information content (AvgIpc) is 2.85. The van der Waals surface area contributed by atoms with E-state index in [2.05, 4.69) is 16.8 Å². The van der Waals surface area contributed by atoms with Gasteiger partial charge in [-0.05, 0) is 56.6 Å². The quantitative estimate of drug-likeness (QED) is 0.870. The van der Waals surface area contributed by atoms with E-state index >= 15 is 0 Å². The third kappa shape index (κ3) is 2.85. The van der Waals surface area contributed by atoms with Gasteiger partial charge in [-0.3, -0.25) is 9.80 Å². The molecule has 2 aliphatic rings. The predicted molar refractivity (Wildman–Crippen MR) is 90.4 cm³/mol. The van der Waals surface area contributed by atoms with Crippen LogP contribution in [0, 0.1) is 5.82 Å². The van der Waals surface area contributed by atoms with Crippen molar-refractivity contribution in [1.82, 2.24) is 10.2 Å². The van der Waals surface area contributed by atoms with Crippen molar-refractivity contribution in [2.75, 3.05) is 37.6 Å². The summed E-state index contributed by atoms with van der Waals surface area (Å²) in [6, 6.07) is 4.71. The molecule has 124 valence electrons. The highest BCUT2D eigenvalue weighted by molar-refractivity contribution is 5.95. The van der Waals surface area contributed by atoms with Gasteiger partial charge in [-0.25, -0.2) is 9.18 Å². The van der Waals surface area contributed by atoms with E-state index in [4.69, 9.17) is 0 Å². The third-order valence-corrected chi connectivity index (χ3v) is 5.06. The van der Waals surface area contributed by atoms with Crippen LogP contribution in [0.1, 0.15) is 25.3 Å². The van der Waals surface area contributed by atoms with Crippen LogP contribution in [0.3, 0.4) is 0 Å². The fraction of sp³-hybridized carbons (Fsp3) is 0.500. The van der Waals surface area contributed by atoms with E-state index in [-0.39, 0.29) is 17.3 Å². The van der Waals surface area contributed by atoms with Crippen LogP contribution in [0.25, 0.3) is 0 Å². The van der Waals surface area contributed by atoms with Crippen LogP contribution in [0.2, 0.25) is 0 Å². The molecule has 1 N–H and O–H groups in total. The zero-order chi connectivity index (χ0) is 16.4. The normalized spacial score (nSPS) is 19.7. The summed E-state index contributed by atoms with van der Waals surface area (Å²) in [5, 5.41) is 2.86. The van der Waals surface area contributed by atoms with Crippen molar-refractivity contribution in [3.63, 3.8) is 0 Å². The number of benzene rings is 1. The van der Waals surface area contributed by atoms with Gasteiger partial charge < -0.3 is 5.32 Å². The van der Waals surface area contributed by atoms with Crippen LogP contribution < -0.4 is 10.2 Å². The van der Waals surface area contributed by atoms with Gasteiger partial charge in [-0.2, -0.15) is 0 Å². The smallest absolute Gasteiger partial charge is 0.321 e. The summed E-state index contributed by atoms with van der Waals surface area (Å²) < 4.78 is 13.8. The van der Waals surface area contributed by atoms with E-state index in [0.29, 0.717) is 13.1 Å². The van der Waals surface area contributed by atoms with E-state index < -0.39 is 0 Å². The van der Waals surface area contributed by atoms with Gasteiger partial charge in [0.05, 0.1) is 0 Å². The number of carbonyl (C=O) groups excluding carboxylic acids is 1. The van der Waals surface area contributed by atoms with E-state index in [0.717, 1.165) is 43.7 Å². The maximum Gasteiger partial charge on any atom is 0.321 e. The van der Waals surface area contributed by atoms with Crippen molar-refractivity contribution in [1.29, 1.82) is 0 Å². The minimum Gasteiger partial charge on any atom is -0.338 e. The monoisotopic (exact) mass is 317 g/mol. The molecule has 0 bridgehead atoms. The second kappa shape index (κ2) is 6.32. The highest BCUT2D eigenvalue weighted by Gasteiger charge is 2.46. The van der Waals surface area contributed by atoms with Crippen molar-refractivity contribution in [3.8, 4) is 0 Å². The SMILES string of the molecule is C=CCN1CCC2(CC1)CN(C(=O)NCC)c1ccc(F)cc12. The van der Waals surface area contributed by atoms with E-state index in [1.807, 2.05) is 13.0 Å². The van der Waals surface area contributed by atoms with E-state index in [1.54, 1.807) is 17.0 Å². The molecule has 1 aromatic carbocycles. The second-order valence-corrected chi connectivity index (χ2v) is 6.45. The van der Waals surface area contributed by atoms with Crippen molar-refractivity contribution < 1.29 is 9.18 Å². The van der Waals surface area contributed by atoms with Gasteiger partial charge in [0.25, 0.3) is 0 Å². The molecule has 1 fully saturated rings. The van der Waals surface area contributed by atoms with Crippen LogP contribution in [0.15, 0.2) is 30.9 Å². The zero-order valence-corrected chi connectivity index (χ0v) is 13.6. The molecule has 2 heterocycles. The van der Waals surface area contributed by atoms with Gasteiger partial charge in [0.2, 0.25) is 0 Å². The van der Waals surface area contributed by atoms with Gasteiger partial charge in [-0.1, -0.05) is 6.08 Å². The van der Waals surface area contributed by atoms with Crippen molar-refractivity contribution >= 4 is 11.7 Å². The maximum absolute atomic E-state index is 13.8. The number of hydrogen-bond acceptors (Lipinski definition) is 2. The van der Waals surface area contributed by atoms with Crippen LogP contribution in [-0.4, -0.2) is 43.7 Å². The Bertz CT molecular complexity index is 608. The summed E-state index contributed by atoms with van der Waals surface area (Å²) >= 11 is 0. The first-order chi connectivity index (χ1) is 11.1. The summed E-state index contributed by atoms with van der Waals surface area (Å²) in [5.41, 5.74) is 1.72. The lowest BCUT2D eigenvalue weighted by molar-refractivity contribution is 0.180. The molecule has 0 aromatic heterocycles. The molecule has 0 radical (unpaired) electrons. The number of rotatable bonds is 3. The average molecular weight is 317 g/mol. The molecule has 2 amide bonds. The number of urea groups is 1. The summed E-state index contributed by atoms with van der Waals surface area (Å²) in [6.07, 6.45) is 3.79. The standard InChI is InChI=1S/C18H24FN3O/c1-3-9-21-10-7-18(8-11-21)13-22(17(23)20-4-2)16-6-5-14(19)12-15(16)18/h3,5-6,12H,1,4,7-11,13H2,2H3,(H,20,23). The Labute approximate surface area is 137 Å². The third-order valence-electron chi connectivity index (χ3n) is 5.06. The number of piperidine rings is 1. The summed E-state index contributed by atoms with van der Waals surface area (Å²) in [4.78, 5) is 16.5. The van der Waals surface area contributed by atoms with Gasteiger partial charge in [0.15, 0.2) is 0 Å². The Morgan fingerprint density at radius 1 is 1.43 bits per heavy atom. The molecule has 5 heteroatoms. The van der Waals surface area contributed by atoms with Crippen LogP contribution >= 0.6 is 0 Å². The van der Waals surface area contributed by atoms with Crippen LogP contribution in [-0.2, 0) is 5.41 Å². The Kier molecular flexibility index (Phi) is 4.39. The summed E-state index contributed by atoms with van der Waals surface area (Å²) in [6.45, 7) is 9.71. The number of amides is 2. The highest BCUT2D eigenvalue weighted by Crippen LogP contribution is 2.47. The molecule has 0 atom stereocenters. The molecule has 0 saturated carbocycles. The Balaban J connectivity index is 1.90. The van der Waals surface area contributed by atoms with Crippen molar-refractivity contribution in [3.05, 3.63) is 42.2 Å². The van der Waals surface area contributed by atoms with E-state index in [1.165, 1.54) is 6.07 Å². The molecule has 23 heavy (non-hydrogen) atoms. The maximum atomic E-state index is 13.8. The first kappa shape index (κ1) is 16.0.